The Morgan fingerprint density at radius 3 is 2.33 bits per heavy atom. The van der Waals surface area contributed by atoms with Crippen LogP contribution in [-0.4, -0.2) is 17.8 Å². The molecule has 0 bridgehead atoms. The van der Waals surface area contributed by atoms with Crippen molar-refractivity contribution in [1.29, 1.82) is 0 Å². The lowest BCUT2D eigenvalue weighted by Gasteiger charge is -2.39. The van der Waals surface area contributed by atoms with Gasteiger partial charge in [-0.3, -0.25) is 0 Å². The zero-order valence-corrected chi connectivity index (χ0v) is 11.8. The average Bonchev–Trinajstić information content (AvgIpc) is 2.60. The lowest BCUT2D eigenvalue weighted by molar-refractivity contribution is -0.106. The molecular weight excluding hydrogens is 224 g/mol. The van der Waals surface area contributed by atoms with Gasteiger partial charge in [0.2, 0.25) is 0 Å². The zero-order chi connectivity index (χ0) is 13.4. The van der Waals surface area contributed by atoms with Gasteiger partial charge in [0.05, 0.1) is 5.60 Å². The van der Waals surface area contributed by atoms with Crippen molar-refractivity contribution in [2.45, 2.75) is 44.8 Å². The highest BCUT2D eigenvalue weighted by Gasteiger charge is 2.58. The van der Waals surface area contributed by atoms with E-state index in [9.17, 15) is 5.11 Å². The molecule has 1 aliphatic rings. The number of ether oxygens (including phenoxy) is 1. The van der Waals surface area contributed by atoms with Crippen LogP contribution >= 0.6 is 0 Å². The van der Waals surface area contributed by atoms with Gasteiger partial charge in [0, 0.05) is 13.0 Å². The molecule has 2 heteroatoms. The highest BCUT2D eigenvalue weighted by molar-refractivity contribution is 5.28. The van der Waals surface area contributed by atoms with Gasteiger partial charge in [-0.15, -0.1) is 0 Å². The molecule has 0 saturated heterocycles. The first kappa shape index (κ1) is 13.6. The van der Waals surface area contributed by atoms with Crippen LogP contribution in [0, 0.1) is 11.8 Å². The van der Waals surface area contributed by atoms with Crippen LogP contribution in [0.25, 0.3) is 0 Å². The summed E-state index contributed by atoms with van der Waals surface area (Å²) in [5, 5.41) is 10.8. The molecule has 0 spiro atoms. The molecule has 1 aromatic rings. The van der Waals surface area contributed by atoms with E-state index < -0.39 is 5.60 Å². The van der Waals surface area contributed by atoms with E-state index in [4.69, 9.17) is 4.74 Å². The molecule has 0 aromatic heterocycles. The quantitative estimate of drug-likeness (QED) is 0.889. The molecule has 1 N–H and O–H groups in total. The first-order chi connectivity index (χ1) is 8.51. The number of benzene rings is 1. The molecule has 0 unspecified atom stereocenters. The Bertz CT molecular complexity index is 403. The van der Waals surface area contributed by atoms with E-state index in [-0.39, 0.29) is 11.5 Å². The van der Waals surface area contributed by atoms with Gasteiger partial charge in [-0.1, -0.05) is 51.1 Å². The fourth-order valence-corrected chi connectivity index (χ4v) is 3.86. The Balaban J connectivity index is 2.51. The van der Waals surface area contributed by atoms with E-state index in [1.165, 1.54) is 5.56 Å². The maximum atomic E-state index is 10.8. The van der Waals surface area contributed by atoms with Gasteiger partial charge in [0.25, 0.3) is 0 Å². The van der Waals surface area contributed by atoms with Gasteiger partial charge in [-0.2, -0.15) is 0 Å². The molecule has 0 heterocycles. The van der Waals surface area contributed by atoms with E-state index in [1.54, 1.807) is 7.11 Å². The maximum absolute atomic E-state index is 10.8. The van der Waals surface area contributed by atoms with Crippen molar-refractivity contribution in [2.75, 3.05) is 7.11 Å². The number of rotatable bonds is 3. The molecule has 0 radical (unpaired) electrons. The third-order valence-corrected chi connectivity index (χ3v) is 5.02. The predicted octanol–water partition coefficient (Wildman–Crippen LogP) is 3.35. The maximum Gasteiger partial charge on any atom is 0.101 e. The third-order valence-electron chi connectivity index (χ3n) is 5.02. The van der Waals surface area contributed by atoms with Crippen molar-refractivity contribution in [3.63, 3.8) is 0 Å². The van der Waals surface area contributed by atoms with E-state index in [0.29, 0.717) is 5.92 Å². The molecule has 4 atom stereocenters. The van der Waals surface area contributed by atoms with Crippen LogP contribution in [0.2, 0.25) is 0 Å². The van der Waals surface area contributed by atoms with Crippen molar-refractivity contribution in [1.82, 2.24) is 0 Å². The molecule has 100 valence electrons. The fraction of sp³-hybridized carbons (Fsp3) is 0.625. The summed E-state index contributed by atoms with van der Waals surface area (Å²) in [5.74, 6) is 0.405. The number of aliphatic hydroxyl groups is 1. The molecule has 1 saturated carbocycles. The average molecular weight is 248 g/mol. The van der Waals surface area contributed by atoms with Gasteiger partial charge in [0.15, 0.2) is 0 Å². The number of hydrogen-bond acceptors (Lipinski definition) is 2. The second-order valence-corrected chi connectivity index (χ2v) is 5.65. The second-order valence-electron chi connectivity index (χ2n) is 5.65. The highest BCUT2D eigenvalue weighted by Crippen LogP contribution is 2.55. The van der Waals surface area contributed by atoms with E-state index in [1.807, 2.05) is 18.2 Å². The summed E-state index contributed by atoms with van der Waals surface area (Å²) in [7, 11) is 1.77. The zero-order valence-electron chi connectivity index (χ0n) is 11.8. The van der Waals surface area contributed by atoms with Crippen LogP contribution in [0.3, 0.4) is 0 Å². The van der Waals surface area contributed by atoms with E-state index >= 15 is 0 Å². The Morgan fingerprint density at radius 1 is 1.28 bits per heavy atom. The molecule has 18 heavy (non-hydrogen) atoms. The lowest BCUT2D eigenvalue weighted by atomic mass is 9.76. The van der Waals surface area contributed by atoms with Crippen LogP contribution in [0.5, 0.6) is 0 Å². The topological polar surface area (TPSA) is 29.5 Å². The summed E-state index contributed by atoms with van der Waals surface area (Å²) in [5.41, 5.74) is 0.189. The first-order valence-corrected chi connectivity index (χ1v) is 6.84. The Morgan fingerprint density at radius 2 is 1.89 bits per heavy atom. The van der Waals surface area contributed by atoms with Gasteiger partial charge in [-0.05, 0) is 24.3 Å². The minimum Gasteiger partial charge on any atom is -0.389 e. The van der Waals surface area contributed by atoms with E-state index in [2.05, 4.69) is 32.9 Å². The molecular formula is C16H24O2. The van der Waals surface area contributed by atoms with Crippen molar-refractivity contribution >= 4 is 0 Å². The van der Waals surface area contributed by atoms with Gasteiger partial charge in [0.1, 0.15) is 5.60 Å². The molecule has 1 fully saturated rings. The number of hydrogen-bond donors (Lipinski definition) is 1. The SMILES string of the molecule is CC[C@@]1(O)C[C@H](C)[C@@](OC)(c2ccccc2)[C@@H]1C. The van der Waals surface area contributed by atoms with Crippen LogP contribution in [0.1, 0.15) is 39.2 Å². The summed E-state index contributed by atoms with van der Waals surface area (Å²) in [4.78, 5) is 0. The molecule has 1 aliphatic carbocycles. The standard InChI is InChI=1S/C16H24O2/c1-5-15(17)11-12(2)16(18-4,13(15)3)14-9-7-6-8-10-14/h6-10,12-13,17H,5,11H2,1-4H3/t12-,13+,15+,16-/m0/s1. The molecule has 2 nitrogen and oxygen atoms in total. The fourth-order valence-electron chi connectivity index (χ4n) is 3.86. The number of methoxy groups -OCH3 is 1. The summed E-state index contributed by atoms with van der Waals surface area (Å²) in [6, 6.07) is 10.3. The first-order valence-electron chi connectivity index (χ1n) is 6.84. The Hall–Kier alpha value is -0.860. The van der Waals surface area contributed by atoms with Crippen LogP contribution < -0.4 is 0 Å². The summed E-state index contributed by atoms with van der Waals surface area (Å²) in [6.45, 7) is 6.35. The van der Waals surface area contributed by atoms with Gasteiger partial charge < -0.3 is 9.84 Å². The van der Waals surface area contributed by atoms with Crippen molar-refractivity contribution in [3.05, 3.63) is 35.9 Å². The Kier molecular flexibility index (Phi) is 3.52. The van der Waals surface area contributed by atoms with Crippen LogP contribution in [-0.2, 0) is 10.3 Å². The van der Waals surface area contributed by atoms with Crippen molar-refractivity contribution < 1.29 is 9.84 Å². The Labute approximate surface area is 110 Å². The minimum atomic E-state index is -0.620. The summed E-state index contributed by atoms with van der Waals surface area (Å²) >= 11 is 0. The summed E-state index contributed by atoms with van der Waals surface area (Å²) in [6.07, 6.45) is 1.57. The van der Waals surface area contributed by atoms with E-state index in [0.717, 1.165) is 12.8 Å². The monoisotopic (exact) mass is 248 g/mol. The normalized spacial score (nSPS) is 40.1. The largest absolute Gasteiger partial charge is 0.389 e. The van der Waals surface area contributed by atoms with Gasteiger partial charge >= 0.3 is 0 Å². The minimum absolute atomic E-state index is 0.0948. The van der Waals surface area contributed by atoms with Gasteiger partial charge in [-0.25, -0.2) is 0 Å². The van der Waals surface area contributed by atoms with Crippen molar-refractivity contribution in [3.8, 4) is 0 Å². The smallest absolute Gasteiger partial charge is 0.101 e. The third kappa shape index (κ3) is 1.70. The molecule has 0 amide bonds. The second kappa shape index (κ2) is 4.67. The lowest BCUT2D eigenvalue weighted by Crippen LogP contribution is -2.42. The molecule has 1 aromatic carbocycles. The predicted molar refractivity (Wildman–Crippen MR) is 73.3 cm³/mol. The van der Waals surface area contributed by atoms with Crippen LogP contribution in [0.4, 0.5) is 0 Å². The highest BCUT2D eigenvalue weighted by atomic mass is 16.5. The van der Waals surface area contributed by atoms with Crippen molar-refractivity contribution in [2.24, 2.45) is 11.8 Å². The summed E-state index contributed by atoms with van der Waals surface area (Å²) < 4.78 is 5.95. The molecule has 0 aliphatic heterocycles. The molecule has 2 rings (SSSR count). The van der Waals surface area contributed by atoms with Crippen LogP contribution in [0.15, 0.2) is 30.3 Å².